The zero-order chi connectivity index (χ0) is 14.3. The molecule has 0 fully saturated rings. The summed E-state index contributed by atoms with van der Waals surface area (Å²) in [5.41, 5.74) is 0.870. The van der Waals surface area contributed by atoms with E-state index < -0.39 is 11.9 Å². The van der Waals surface area contributed by atoms with Crippen LogP contribution in [0.15, 0.2) is 24.3 Å². The van der Waals surface area contributed by atoms with Crippen molar-refractivity contribution in [2.24, 2.45) is 5.92 Å². The predicted octanol–water partition coefficient (Wildman–Crippen LogP) is 3.43. The van der Waals surface area contributed by atoms with Crippen LogP contribution < -0.4 is 0 Å². The lowest BCUT2D eigenvalue weighted by Gasteiger charge is -2.14. The summed E-state index contributed by atoms with van der Waals surface area (Å²) < 4.78 is 4.98. The van der Waals surface area contributed by atoms with Crippen LogP contribution in [-0.2, 0) is 20.7 Å². The predicted molar refractivity (Wildman–Crippen MR) is 75.2 cm³/mol. The number of carbonyl (C=O) groups excluding carboxylic acids is 2. The summed E-state index contributed by atoms with van der Waals surface area (Å²) in [6.07, 6.45) is 1.46. The first-order valence-electron chi connectivity index (χ1n) is 6.52. The normalized spacial score (nSPS) is 11.9. The lowest BCUT2D eigenvalue weighted by atomic mass is 9.93. The van der Waals surface area contributed by atoms with Crippen LogP contribution in [0, 0.1) is 5.92 Å². The van der Waals surface area contributed by atoms with Gasteiger partial charge in [0.15, 0.2) is 0 Å². The minimum Gasteiger partial charge on any atom is -0.465 e. The summed E-state index contributed by atoms with van der Waals surface area (Å²) in [4.78, 5) is 23.9. The van der Waals surface area contributed by atoms with Crippen molar-refractivity contribution in [1.29, 1.82) is 0 Å². The van der Waals surface area contributed by atoms with Crippen LogP contribution in [0.25, 0.3) is 0 Å². The smallest absolute Gasteiger partial charge is 0.316 e. The maximum atomic E-state index is 12.0. The minimum atomic E-state index is -0.724. The van der Waals surface area contributed by atoms with Crippen LogP contribution in [0.5, 0.6) is 0 Å². The second-order valence-electron chi connectivity index (χ2n) is 4.35. The molecule has 0 aliphatic heterocycles. The van der Waals surface area contributed by atoms with Gasteiger partial charge in [0.25, 0.3) is 0 Å². The molecular formula is C15H19ClO3. The van der Waals surface area contributed by atoms with Crippen LogP contribution in [-0.4, -0.2) is 18.4 Å². The SMILES string of the molecule is CCCC(=O)C(Cc1cccc(Cl)c1)C(=O)OCC. The van der Waals surface area contributed by atoms with E-state index in [4.69, 9.17) is 16.3 Å². The number of Topliss-reactive ketones (excluding diaryl/α,β-unsaturated/α-hetero) is 1. The van der Waals surface area contributed by atoms with Crippen LogP contribution >= 0.6 is 11.6 Å². The third-order valence-corrected chi connectivity index (χ3v) is 3.02. The quantitative estimate of drug-likeness (QED) is 0.568. The number of carbonyl (C=O) groups is 2. The third kappa shape index (κ3) is 5.03. The molecule has 3 nitrogen and oxygen atoms in total. The Morgan fingerprint density at radius 1 is 1.32 bits per heavy atom. The van der Waals surface area contributed by atoms with Crippen molar-refractivity contribution in [2.45, 2.75) is 33.1 Å². The summed E-state index contributed by atoms with van der Waals surface area (Å²) >= 11 is 5.91. The standard InChI is InChI=1S/C15H19ClO3/c1-3-6-14(17)13(15(18)19-4-2)10-11-7-5-8-12(16)9-11/h5,7-9,13H,3-4,6,10H2,1-2H3. The van der Waals surface area contributed by atoms with E-state index in [1.54, 1.807) is 19.1 Å². The Kier molecular flexibility index (Phi) is 6.57. The van der Waals surface area contributed by atoms with Crippen LogP contribution in [0.4, 0.5) is 0 Å². The van der Waals surface area contributed by atoms with Gasteiger partial charge in [-0.05, 0) is 37.5 Å². The molecular weight excluding hydrogens is 264 g/mol. The third-order valence-electron chi connectivity index (χ3n) is 2.79. The van der Waals surface area contributed by atoms with Crippen LogP contribution in [0.2, 0.25) is 5.02 Å². The molecule has 4 heteroatoms. The fourth-order valence-corrected chi connectivity index (χ4v) is 2.10. The van der Waals surface area contributed by atoms with E-state index in [0.29, 0.717) is 17.9 Å². The van der Waals surface area contributed by atoms with Gasteiger partial charge >= 0.3 is 5.97 Å². The number of esters is 1. The molecule has 0 aliphatic rings. The largest absolute Gasteiger partial charge is 0.465 e. The maximum absolute atomic E-state index is 12.0. The van der Waals surface area contributed by atoms with Crippen molar-refractivity contribution < 1.29 is 14.3 Å². The molecule has 104 valence electrons. The van der Waals surface area contributed by atoms with Crippen LogP contribution in [0.1, 0.15) is 32.3 Å². The molecule has 0 spiro atoms. The highest BCUT2D eigenvalue weighted by atomic mass is 35.5. The Balaban J connectivity index is 2.84. The van der Waals surface area contributed by atoms with Crippen LogP contribution in [0.3, 0.4) is 0 Å². The molecule has 1 atom stereocenters. The van der Waals surface area contributed by atoms with Crippen molar-refractivity contribution in [3.8, 4) is 0 Å². The Labute approximate surface area is 118 Å². The summed E-state index contributed by atoms with van der Waals surface area (Å²) in [6, 6.07) is 7.20. The molecule has 1 aromatic rings. The summed E-state index contributed by atoms with van der Waals surface area (Å²) in [6.45, 7) is 3.93. The summed E-state index contributed by atoms with van der Waals surface area (Å²) in [7, 11) is 0. The first-order valence-corrected chi connectivity index (χ1v) is 6.90. The van der Waals surface area contributed by atoms with Crippen molar-refractivity contribution >= 4 is 23.4 Å². The highest BCUT2D eigenvalue weighted by Gasteiger charge is 2.27. The average Bonchev–Trinajstić information content (AvgIpc) is 2.36. The van der Waals surface area contributed by atoms with E-state index >= 15 is 0 Å². The zero-order valence-corrected chi connectivity index (χ0v) is 12.1. The van der Waals surface area contributed by atoms with Gasteiger partial charge in [0.1, 0.15) is 11.7 Å². The minimum absolute atomic E-state index is 0.0686. The van der Waals surface area contributed by atoms with Gasteiger partial charge in [-0.3, -0.25) is 9.59 Å². The molecule has 1 unspecified atom stereocenters. The monoisotopic (exact) mass is 282 g/mol. The molecule has 1 rings (SSSR count). The summed E-state index contributed by atoms with van der Waals surface area (Å²) in [5.74, 6) is -1.24. The van der Waals surface area contributed by atoms with Gasteiger partial charge in [-0.2, -0.15) is 0 Å². The molecule has 0 amide bonds. The number of rotatable bonds is 7. The molecule has 0 aromatic heterocycles. The molecule has 0 radical (unpaired) electrons. The molecule has 0 heterocycles. The molecule has 0 bridgehead atoms. The lowest BCUT2D eigenvalue weighted by Crippen LogP contribution is -2.28. The Morgan fingerprint density at radius 2 is 2.05 bits per heavy atom. The molecule has 0 aliphatic carbocycles. The number of hydrogen-bond acceptors (Lipinski definition) is 3. The zero-order valence-electron chi connectivity index (χ0n) is 11.3. The molecule has 0 N–H and O–H groups in total. The Bertz CT molecular complexity index is 425. The number of halogens is 1. The second kappa shape index (κ2) is 7.95. The van der Waals surface area contributed by atoms with E-state index in [-0.39, 0.29) is 12.4 Å². The second-order valence-corrected chi connectivity index (χ2v) is 4.79. The van der Waals surface area contributed by atoms with Gasteiger partial charge in [-0.25, -0.2) is 0 Å². The highest BCUT2D eigenvalue weighted by Crippen LogP contribution is 2.17. The number of ether oxygens (including phenoxy) is 1. The first-order chi connectivity index (χ1) is 9.08. The fraction of sp³-hybridized carbons (Fsp3) is 0.467. The molecule has 0 saturated carbocycles. The highest BCUT2D eigenvalue weighted by molar-refractivity contribution is 6.30. The Morgan fingerprint density at radius 3 is 2.63 bits per heavy atom. The number of ketones is 1. The van der Waals surface area contributed by atoms with Crippen molar-refractivity contribution in [3.05, 3.63) is 34.9 Å². The van der Waals surface area contributed by atoms with E-state index in [2.05, 4.69) is 0 Å². The maximum Gasteiger partial charge on any atom is 0.316 e. The van der Waals surface area contributed by atoms with E-state index in [1.165, 1.54) is 0 Å². The van der Waals surface area contributed by atoms with Crippen molar-refractivity contribution in [2.75, 3.05) is 6.61 Å². The van der Waals surface area contributed by atoms with Gasteiger partial charge in [0, 0.05) is 11.4 Å². The first kappa shape index (κ1) is 15.7. The van der Waals surface area contributed by atoms with E-state index in [1.807, 2.05) is 19.1 Å². The van der Waals surface area contributed by atoms with Gasteiger partial charge < -0.3 is 4.74 Å². The van der Waals surface area contributed by atoms with Crippen molar-refractivity contribution in [3.63, 3.8) is 0 Å². The molecule has 0 saturated heterocycles. The van der Waals surface area contributed by atoms with Gasteiger partial charge in [0.2, 0.25) is 0 Å². The molecule has 1 aromatic carbocycles. The number of hydrogen-bond donors (Lipinski definition) is 0. The lowest BCUT2D eigenvalue weighted by molar-refractivity contribution is -0.151. The summed E-state index contributed by atoms with van der Waals surface area (Å²) in [5, 5.41) is 0.600. The van der Waals surface area contributed by atoms with Gasteiger partial charge in [-0.15, -0.1) is 0 Å². The average molecular weight is 283 g/mol. The van der Waals surface area contributed by atoms with E-state index in [0.717, 1.165) is 12.0 Å². The fourth-order valence-electron chi connectivity index (χ4n) is 1.89. The van der Waals surface area contributed by atoms with Gasteiger partial charge in [0.05, 0.1) is 6.61 Å². The molecule has 19 heavy (non-hydrogen) atoms. The Hall–Kier alpha value is -1.35. The number of benzene rings is 1. The van der Waals surface area contributed by atoms with Gasteiger partial charge in [-0.1, -0.05) is 30.7 Å². The van der Waals surface area contributed by atoms with Crippen molar-refractivity contribution in [1.82, 2.24) is 0 Å². The van der Waals surface area contributed by atoms with E-state index in [9.17, 15) is 9.59 Å². The topological polar surface area (TPSA) is 43.4 Å².